The van der Waals surface area contributed by atoms with Gasteiger partial charge in [0.25, 0.3) is 0 Å². The zero-order valence-electron chi connectivity index (χ0n) is 12.5. The van der Waals surface area contributed by atoms with Crippen molar-refractivity contribution in [1.29, 1.82) is 0 Å². The zero-order valence-corrected chi connectivity index (χ0v) is 14.1. The van der Waals surface area contributed by atoms with E-state index in [0.717, 1.165) is 51.1 Å². The first-order valence-corrected chi connectivity index (χ1v) is 8.53. The lowest BCUT2D eigenvalue weighted by atomic mass is 9.93. The number of nitrogens with zero attached hydrogens (tertiary/aromatic N) is 2. The van der Waals surface area contributed by atoms with Gasteiger partial charge in [-0.15, -0.1) is 23.7 Å². The minimum atomic E-state index is 0. The van der Waals surface area contributed by atoms with Crippen molar-refractivity contribution < 1.29 is 4.79 Å². The molecule has 3 heterocycles. The summed E-state index contributed by atoms with van der Waals surface area (Å²) in [5, 5.41) is 6.66. The molecule has 1 unspecified atom stereocenters. The van der Waals surface area contributed by atoms with E-state index < -0.39 is 0 Å². The molecule has 0 aromatic carbocycles. The Balaban J connectivity index is 0.00000161. The fraction of sp³-hybridized carbons (Fsp3) is 0.733. The summed E-state index contributed by atoms with van der Waals surface area (Å²) in [5.41, 5.74) is 1.10. The van der Waals surface area contributed by atoms with Crippen molar-refractivity contribution in [1.82, 2.24) is 15.2 Å². The predicted molar refractivity (Wildman–Crippen MR) is 88.2 cm³/mol. The standard InChI is InChI=1S/C15H23N3OS.ClH/c1-11-10-20-14(17-11)13-3-2-8-18(9-13)15(19)12-4-6-16-7-5-12;/h10,12-13,16H,2-9H2,1H3;1H. The van der Waals surface area contributed by atoms with E-state index in [0.29, 0.717) is 11.8 Å². The summed E-state index contributed by atoms with van der Waals surface area (Å²) in [7, 11) is 0. The monoisotopic (exact) mass is 329 g/mol. The largest absolute Gasteiger partial charge is 0.342 e. The molecule has 118 valence electrons. The average molecular weight is 330 g/mol. The van der Waals surface area contributed by atoms with E-state index in [1.165, 1.54) is 11.4 Å². The minimum Gasteiger partial charge on any atom is -0.342 e. The van der Waals surface area contributed by atoms with Crippen molar-refractivity contribution >= 4 is 29.7 Å². The molecule has 4 nitrogen and oxygen atoms in total. The van der Waals surface area contributed by atoms with Gasteiger partial charge in [0.15, 0.2) is 0 Å². The Morgan fingerprint density at radius 2 is 2.14 bits per heavy atom. The summed E-state index contributed by atoms with van der Waals surface area (Å²) in [6, 6.07) is 0. The lowest BCUT2D eigenvalue weighted by molar-refractivity contribution is -0.137. The Morgan fingerprint density at radius 3 is 2.81 bits per heavy atom. The zero-order chi connectivity index (χ0) is 13.9. The van der Waals surface area contributed by atoms with Crippen LogP contribution in [0.1, 0.15) is 42.3 Å². The molecule has 1 aromatic rings. The summed E-state index contributed by atoms with van der Waals surface area (Å²) in [4.78, 5) is 19.3. The molecule has 1 aromatic heterocycles. The number of aryl methyl sites for hydroxylation is 1. The smallest absolute Gasteiger partial charge is 0.225 e. The number of hydrogen-bond acceptors (Lipinski definition) is 4. The lowest BCUT2D eigenvalue weighted by Crippen LogP contribution is -2.45. The summed E-state index contributed by atoms with van der Waals surface area (Å²) in [5.74, 6) is 1.07. The Morgan fingerprint density at radius 1 is 1.38 bits per heavy atom. The van der Waals surface area contributed by atoms with Crippen molar-refractivity contribution in [3.63, 3.8) is 0 Å². The molecule has 2 aliphatic rings. The van der Waals surface area contributed by atoms with Gasteiger partial charge in [0.2, 0.25) is 5.91 Å². The summed E-state index contributed by atoms with van der Waals surface area (Å²) in [6.07, 6.45) is 4.27. The van der Waals surface area contributed by atoms with Crippen LogP contribution < -0.4 is 5.32 Å². The molecule has 0 spiro atoms. The number of halogens is 1. The molecule has 21 heavy (non-hydrogen) atoms. The maximum absolute atomic E-state index is 12.6. The predicted octanol–water partition coefficient (Wildman–Crippen LogP) is 2.58. The third-order valence-corrected chi connectivity index (χ3v) is 5.53. The molecule has 2 fully saturated rings. The van der Waals surface area contributed by atoms with Crippen LogP contribution in [0.4, 0.5) is 0 Å². The molecule has 0 aliphatic carbocycles. The van der Waals surface area contributed by atoms with Crippen molar-refractivity contribution in [3.8, 4) is 0 Å². The van der Waals surface area contributed by atoms with E-state index in [4.69, 9.17) is 0 Å². The van der Waals surface area contributed by atoms with E-state index in [-0.39, 0.29) is 18.3 Å². The second kappa shape index (κ2) is 7.56. The second-order valence-corrected chi connectivity index (χ2v) is 6.86. The van der Waals surface area contributed by atoms with Crippen LogP contribution in [-0.2, 0) is 4.79 Å². The molecule has 1 amide bonds. The molecule has 0 bridgehead atoms. The molecule has 0 radical (unpaired) electrons. The number of rotatable bonds is 2. The van der Waals surface area contributed by atoms with Crippen LogP contribution in [0, 0.1) is 12.8 Å². The summed E-state index contributed by atoms with van der Waals surface area (Å²) in [6.45, 7) is 5.82. The molecule has 2 aliphatic heterocycles. The number of piperidine rings is 2. The third kappa shape index (κ3) is 3.96. The van der Waals surface area contributed by atoms with E-state index in [1.807, 2.05) is 6.92 Å². The fourth-order valence-corrected chi connectivity index (χ4v) is 4.19. The van der Waals surface area contributed by atoms with Crippen LogP contribution in [0.2, 0.25) is 0 Å². The van der Waals surface area contributed by atoms with Crippen molar-refractivity contribution in [2.24, 2.45) is 5.92 Å². The van der Waals surface area contributed by atoms with Crippen LogP contribution >= 0.6 is 23.7 Å². The first kappa shape index (κ1) is 16.7. The highest BCUT2D eigenvalue weighted by Crippen LogP contribution is 2.30. The van der Waals surface area contributed by atoms with Gasteiger partial charge in [-0.25, -0.2) is 4.98 Å². The van der Waals surface area contributed by atoms with Gasteiger partial charge in [0, 0.05) is 36.0 Å². The van der Waals surface area contributed by atoms with Gasteiger partial charge in [-0.2, -0.15) is 0 Å². The topological polar surface area (TPSA) is 45.2 Å². The molecular weight excluding hydrogens is 306 g/mol. The van der Waals surface area contributed by atoms with Crippen molar-refractivity contribution in [2.75, 3.05) is 26.2 Å². The fourth-order valence-electron chi connectivity index (χ4n) is 3.27. The van der Waals surface area contributed by atoms with Crippen LogP contribution in [0.25, 0.3) is 0 Å². The van der Waals surface area contributed by atoms with Gasteiger partial charge in [-0.1, -0.05) is 0 Å². The summed E-state index contributed by atoms with van der Waals surface area (Å²) < 4.78 is 0. The number of nitrogens with one attached hydrogen (secondary N) is 1. The Hall–Kier alpha value is -0.650. The number of carbonyl (C=O) groups is 1. The quantitative estimate of drug-likeness (QED) is 0.907. The van der Waals surface area contributed by atoms with Gasteiger partial charge in [0.1, 0.15) is 0 Å². The Labute approximate surface area is 136 Å². The number of thiazole rings is 1. The number of aromatic nitrogens is 1. The summed E-state index contributed by atoms with van der Waals surface area (Å²) >= 11 is 1.75. The van der Waals surface area contributed by atoms with Gasteiger partial charge in [-0.05, 0) is 45.7 Å². The van der Waals surface area contributed by atoms with Gasteiger partial charge < -0.3 is 10.2 Å². The van der Waals surface area contributed by atoms with E-state index in [9.17, 15) is 4.79 Å². The molecule has 6 heteroatoms. The molecule has 2 saturated heterocycles. The molecule has 1 atom stereocenters. The van der Waals surface area contributed by atoms with Crippen LogP contribution in [-0.4, -0.2) is 42.0 Å². The SMILES string of the molecule is Cc1csc(C2CCCN(C(=O)C3CCNCC3)C2)n1.Cl. The van der Waals surface area contributed by atoms with Crippen LogP contribution in [0.5, 0.6) is 0 Å². The Bertz CT molecular complexity index is 473. The van der Waals surface area contributed by atoms with Crippen LogP contribution in [0.3, 0.4) is 0 Å². The lowest BCUT2D eigenvalue weighted by Gasteiger charge is -2.35. The molecular formula is C15H24ClN3OS. The second-order valence-electron chi connectivity index (χ2n) is 5.97. The van der Waals surface area contributed by atoms with Crippen molar-refractivity contribution in [2.45, 2.75) is 38.5 Å². The van der Waals surface area contributed by atoms with Gasteiger partial charge in [0.05, 0.1) is 5.01 Å². The number of likely N-dealkylation sites (tertiary alicyclic amines) is 1. The normalized spacial score (nSPS) is 23.7. The third-order valence-electron chi connectivity index (χ3n) is 4.41. The highest BCUT2D eigenvalue weighted by atomic mass is 35.5. The first-order chi connectivity index (χ1) is 9.74. The highest BCUT2D eigenvalue weighted by molar-refractivity contribution is 7.09. The molecule has 1 N–H and O–H groups in total. The van der Waals surface area contributed by atoms with E-state index in [1.54, 1.807) is 11.3 Å². The van der Waals surface area contributed by atoms with Gasteiger partial charge in [-0.3, -0.25) is 4.79 Å². The first-order valence-electron chi connectivity index (χ1n) is 7.65. The maximum atomic E-state index is 12.6. The Kier molecular flexibility index (Phi) is 6.02. The average Bonchev–Trinajstić information content (AvgIpc) is 2.94. The number of amides is 1. The highest BCUT2D eigenvalue weighted by Gasteiger charge is 2.31. The minimum absolute atomic E-state index is 0. The van der Waals surface area contributed by atoms with E-state index >= 15 is 0 Å². The molecule has 0 saturated carbocycles. The van der Waals surface area contributed by atoms with E-state index in [2.05, 4.69) is 20.6 Å². The van der Waals surface area contributed by atoms with Crippen molar-refractivity contribution in [3.05, 3.63) is 16.1 Å². The maximum Gasteiger partial charge on any atom is 0.225 e. The number of carbonyl (C=O) groups excluding carboxylic acids is 1. The number of hydrogen-bond donors (Lipinski definition) is 1. The van der Waals surface area contributed by atoms with Gasteiger partial charge >= 0.3 is 0 Å². The van der Waals surface area contributed by atoms with Crippen LogP contribution in [0.15, 0.2) is 5.38 Å². The molecule has 3 rings (SSSR count).